The number of amides is 4. The summed E-state index contributed by atoms with van der Waals surface area (Å²) < 4.78 is 10.3. The number of carbonyl (C=O) groups is 3. The largest absolute Gasteiger partial charge is 0.441 e. The van der Waals surface area contributed by atoms with Crippen LogP contribution in [0.4, 0.5) is 9.59 Å². The molecule has 15 heteroatoms. The number of nitrogens with one attached hydrogen (secondary N) is 3. The van der Waals surface area contributed by atoms with Crippen molar-refractivity contribution in [2.24, 2.45) is 5.92 Å². The van der Waals surface area contributed by atoms with Crippen molar-refractivity contribution in [3.63, 3.8) is 0 Å². The number of aromatic nitrogens is 3. The molecule has 0 bridgehead atoms. The zero-order valence-electron chi connectivity index (χ0n) is 29.9. The van der Waals surface area contributed by atoms with E-state index in [1.54, 1.807) is 30.6 Å². The first-order valence-corrected chi connectivity index (χ1v) is 19.1. The Balaban J connectivity index is 1.25. The number of hydrogen-bond donors (Lipinski definition) is 4. The fourth-order valence-electron chi connectivity index (χ4n) is 5.70. The molecule has 5 aromatic rings. The van der Waals surface area contributed by atoms with Gasteiger partial charge in [0.1, 0.15) is 6.04 Å². The number of aliphatic hydroxyl groups is 1. The molecule has 2 aromatic carbocycles. The number of hydrogen-bond acceptors (Lipinski definition) is 11. The van der Waals surface area contributed by atoms with Crippen LogP contribution in [0, 0.1) is 5.92 Å². The third-order valence-electron chi connectivity index (χ3n) is 8.46. The van der Waals surface area contributed by atoms with Crippen LogP contribution < -0.4 is 16.0 Å². The molecule has 3 aromatic heterocycles. The summed E-state index contributed by atoms with van der Waals surface area (Å²) in [6, 6.07) is 18.1. The normalized spacial score (nSPS) is 13.5. The van der Waals surface area contributed by atoms with Gasteiger partial charge in [-0.3, -0.25) is 4.79 Å². The smallest absolute Gasteiger partial charge is 0.407 e. The first-order chi connectivity index (χ1) is 25.6. The van der Waals surface area contributed by atoms with E-state index in [1.165, 1.54) is 22.4 Å². The molecule has 4 amide bonds. The van der Waals surface area contributed by atoms with Gasteiger partial charge in [-0.1, -0.05) is 79.7 Å². The van der Waals surface area contributed by atoms with Crippen LogP contribution in [0.1, 0.15) is 52.9 Å². The molecule has 0 saturated carbocycles. The molecular formula is C38H45N7O6S2. The fraction of sp³-hybridized carbons (Fsp3) is 0.368. The summed E-state index contributed by atoms with van der Waals surface area (Å²) in [4.78, 5) is 50.7. The van der Waals surface area contributed by atoms with E-state index in [9.17, 15) is 19.5 Å². The van der Waals surface area contributed by atoms with Crippen LogP contribution in [0.15, 0.2) is 94.4 Å². The van der Waals surface area contributed by atoms with Crippen molar-refractivity contribution in [3.8, 4) is 0 Å². The third kappa shape index (κ3) is 12.5. The molecule has 0 aliphatic carbocycles. The number of ether oxygens (including phenoxy) is 1. The van der Waals surface area contributed by atoms with Crippen molar-refractivity contribution in [2.45, 2.75) is 76.9 Å². The average Bonchev–Trinajstić information content (AvgIpc) is 3.95. The Kier molecular flexibility index (Phi) is 14.5. The molecule has 280 valence electrons. The Morgan fingerprint density at radius 3 is 2.26 bits per heavy atom. The zero-order chi connectivity index (χ0) is 37.6. The van der Waals surface area contributed by atoms with Crippen molar-refractivity contribution >= 4 is 40.7 Å². The van der Waals surface area contributed by atoms with E-state index in [1.807, 2.05) is 85.3 Å². The standard InChI is InChI=1S/C38H45N7O6S2/c1-25(2)35(44-37(48)45(3)22-29-24-53-34(41-29)21-33-39-16-17-52-33)36(47)42-28(18-26-10-6-4-7-11-26)20-32(46)31(19-27-12-8-5-9-13-27)43-38(49)50-23-30-14-15-40-51-30/h4-17,24-25,28,31-32,35,46H,18-23H2,1-3H3,(H,42,47)(H,43,49)(H,44,48)/t28-,31-,32-,35-/m0/s1. The van der Waals surface area contributed by atoms with Crippen LogP contribution in [0.5, 0.6) is 0 Å². The van der Waals surface area contributed by atoms with Crippen LogP contribution in [0.2, 0.25) is 0 Å². The van der Waals surface area contributed by atoms with Gasteiger partial charge in [0, 0.05) is 36.1 Å². The van der Waals surface area contributed by atoms with Crippen molar-refractivity contribution in [1.82, 2.24) is 36.0 Å². The molecule has 4 atom stereocenters. The highest BCUT2D eigenvalue weighted by atomic mass is 32.1. The molecule has 5 rings (SSSR count). The minimum atomic E-state index is -1.08. The van der Waals surface area contributed by atoms with Crippen molar-refractivity contribution < 1.29 is 28.8 Å². The van der Waals surface area contributed by atoms with Gasteiger partial charge in [-0.05, 0) is 36.3 Å². The quantitative estimate of drug-likeness (QED) is 0.0918. The van der Waals surface area contributed by atoms with Crippen LogP contribution in [-0.2, 0) is 41.9 Å². The van der Waals surface area contributed by atoms with E-state index in [2.05, 4.69) is 31.1 Å². The highest BCUT2D eigenvalue weighted by Crippen LogP contribution is 2.18. The second-order valence-corrected chi connectivity index (χ2v) is 15.0. The molecule has 0 radical (unpaired) electrons. The van der Waals surface area contributed by atoms with E-state index in [4.69, 9.17) is 9.26 Å². The first kappa shape index (κ1) is 39.1. The summed E-state index contributed by atoms with van der Waals surface area (Å²) in [6.45, 7) is 3.87. The Hall–Kier alpha value is -5.12. The lowest BCUT2D eigenvalue weighted by Gasteiger charge is -2.30. The van der Waals surface area contributed by atoms with Crippen LogP contribution in [-0.4, -0.2) is 74.4 Å². The molecule has 13 nitrogen and oxygen atoms in total. The van der Waals surface area contributed by atoms with Gasteiger partial charge in [-0.25, -0.2) is 19.6 Å². The van der Waals surface area contributed by atoms with Gasteiger partial charge in [0.25, 0.3) is 0 Å². The minimum Gasteiger partial charge on any atom is -0.441 e. The molecular weight excluding hydrogens is 715 g/mol. The second-order valence-electron chi connectivity index (χ2n) is 13.1. The van der Waals surface area contributed by atoms with Gasteiger partial charge < -0.3 is 35.2 Å². The van der Waals surface area contributed by atoms with Crippen LogP contribution in [0.3, 0.4) is 0 Å². The molecule has 3 heterocycles. The molecule has 0 aliphatic rings. The minimum absolute atomic E-state index is 0.104. The lowest BCUT2D eigenvalue weighted by atomic mass is 9.93. The number of urea groups is 1. The number of rotatable bonds is 18. The fourth-order valence-corrected chi connectivity index (χ4v) is 7.20. The molecule has 0 fully saturated rings. The van der Waals surface area contributed by atoms with Gasteiger partial charge in [-0.15, -0.1) is 22.7 Å². The van der Waals surface area contributed by atoms with E-state index in [-0.39, 0.29) is 31.4 Å². The monoisotopic (exact) mass is 759 g/mol. The highest BCUT2D eigenvalue weighted by Gasteiger charge is 2.31. The topological polar surface area (TPSA) is 172 Å². The number of alkyl carbamates (subject to hydrolysis) is 1. The Bertz CT molecular complexity index is 1840. The van der Waals surface area contributed by atoms with Gasteiger partial charge in [-0.2, -0.15) is 0 Å². The van der Waals surface area contributed by atoms with Gasteiger partial charge in [0.05, 0.1) is 47.0 Å². The first-order valence-electron chi connectivity index (χ1n) is 17.3. The summed E-state index contributed by atoms with van der Waals surface area (Å²) in [5.74, 6) is -0.248. The summed E-state index contributed by atoms with van der Waals surface area (Å²) >= 11 is 3.09. The van der Waals surface area contributed by atoms with E-state index < -0.39 is 36.4 Å². The average molecular weight is 760 g/mol. The van der Waals surface area contributed by atoms with E-state index in [0.29, 0.717) is 25.0 Å². The summed E-state index contributed by atoms with van der Waals surface area (Å²) in [5, 5.41) is 29.9. The summed E-state index contributed by atoms with van der Waals surface area (Å²) in [6.07, 6.45) is 2.87. The maximum absolute atomic E-state index is 13.9. The lowest BCUT2D eigenvalue weighted by Crippen LogP contribution is -2.55. The number of carbonyl (C=O) groups excluding carboxylic acids is 3. The number of nitrogens with zero attached hydrogens (tertiary/aromatic N) is 4. The summed E-state index contributed by atoms with van der Waals surface area (Å²) in [7, 11) is 1.66. The highest BCUT2D eigenvalue weighted by molar-refractivity contribution is 7.11. The Morgan fingerprint density at radius 2 is 1.62 bits per heavy atom. The molecule has 53 heavy (non-hydrogen) atoms. The molecule has 0 unspecified atom stereocenters. The van der Waals surface area contributed by atoms with Gasteiger partial charge in [0.2, 0.25) is 5.91 Å². The van der Waals surface area contributed by atoms with Crippen molar-refractivity contribution in [1.29, 1.82) is 0 Å². The van der Waals surface area contributed by atoms with E-state index >= 15 is 0 Å². The summed E-state index contributed by atoms with van der Waals surface area (Å²) in [5.41, 5.74) is 2.60. The van der Waals surface area contributed by atoms with Crippen molar-refractivity contribution in [2.75, 3.05) is 7.05 Å². The zero-order valence-corrected chi connectivity index (χ0v) is 31.5. The maximum atomic E-state index is 13.9. The molecule has 0 aliphatic heterocycles. The SMILES string of the molecule is CC(C)[C@H](NC(=O)N(C)Cc1csc(Cc2nccs2)n1)C(=O)N[C@@H](Cc1ccccc1)C[C@H](O)[C@H](Cc1ccccc1)NC(=O)OCc1ccno1. The predicted octanol–water partition coefficient (Wildman–Crippen LogP) is 5.36. The Labute approximate surface area is 316 Å². The van der Waals surface area contributed by atoms with Crippen LogP contribution in [0.25, 0.3) is 0 Å². The van der Waals surface area contributed by atoms with Crippen molar-refractivity contribution in [3.05, 3.63) is 122 Å². The molecule has 4 N–H and O–H groups in total. The third-order valence-corrected chi connectivity index (χ3v) is 10.1. The van der Waals surface area contributed by atoms with E-state index in [0.717, 1.165) is 26.8 Å². The maximum Gasteiger partial charge on any atom is 0.407 e. The van der Waals surface area contributed by atoms with Crippen LogP contribution >= 0.6 is 22.7 Å². The van der Waals surface area contributed by atoms with Gasteiger partial charge >= 0.3 is 12.1 Å². The second kappa shape index (κ2) is 19.6. The predicted molar refractivity (Wildman–Crippen MR) is 202 cm³/mol. The molecule has 0 spiro atoms. The number of thiazole rings is 2. The molecule has 0 saturated heterocycles. The number of benzene rings is 2. The number of aliphatic hydroxyl groups excluding tert-OH is 1. The Morgan fingerprint density at radius 1 is 0.906 bits per heavy atom. The van der Waals surface area contributed by atoms with Gasteiger partial charge in [0.15, 0.2) is 12.4 Å². The lowest BCUT2D eigenvalue weighted by molar-refractivity contribution is -0.124.